The Hall–Kier alpha value is -2.23. The van der Waals surface area contributed by atoms with Crippen molar-refractivity contribution in [1.29, 1.82) is 0 Å². The van der Waals surface area contributed by atoms with Crippen LogP contribution in [0.3, 0.4) is 0 Å². The van der Waals surface area contributed by atoms with Crippen LogP contribution in [0.5, 0.6) is 0 Å². The highest BCUT2D eigenvalue weighted by atomic mass is 32.2. The van der Waals surface area contributed by atoms with Crippen molar-refractivity contribution < 1.29 is 22.0 Å². The summed E-state index contributed by atoms with van der Waals surface area (Å²) in [5.74, 6) is -1.58. The first-order valence-corrected chi connectivity index (χ1v) is 11.4. The maximum absolute atomic E-state index is 13.7. The summed E-state index contributed by atoms with van der Waals surface area (Å²) < 4.78 is 52.9. The van der Waals surface area contributed by atoms with Crippen LogP contribution >= 0.6 is 11.8 Å². The Morgan fingerprint density at radius 3 is 2.38 bits per heavy atom. The molecule has 0 saturated carbocycles. The van der Waals surface area contributed by atoms with Gasteiger partial charge in [0.1, 0.15) is 11.6 Å². The number of sulfonamides is 1. The Labute approximate surface area is 173 Å². The number of nitrogens with zero attached hydrogens (tertiary/aromatic N) is 2. The van der Waals surface area contributed by atoms with Crippen LogP contribution < -0.4 is 0 Å². The Bertz CT molecular complexity index is 990. The molecule has 0 radical (unpaired) electrons. The average molecular weight is 439 g/mol. The Kier molecular flexibility index (Phi) is 7.05. The molecule has 1 aliphatic rings. The molecule has 1 aliphatic heterocycles. The molecule has 5 nitrogen and oxygen atoms in total. The highest BCUT2D eigenvalue weighted by molar-refractivity contribution is 8.00. The fraction of sp³-hybridized carbons (Fsp3) is 0.250. The van der Waals surface area contributed by atoms with Gasteiger partial charge in [0.15, 0.2) is 0 Å². The summed E-state index contributed by atoms with van der Waals surface area (Å²) in [4.78, 5) is 14.1. The van der Waals surface area contributed by atoms with E-state index in [9.17, 15) is 22.0 Å². The third-order valence-electron chi connectivity index (χ3n) is 4.43. The van der Waals surface area contributed by atoms with Gasteiger partial charge in [0.25, 0.3) is 0 Å². The number of amides is 1. The van der Waals surface area contributed by atoms with Crippen molar-refractivity contribution in [2.45, 2.75) is 4.90 Å². The minimum absolute atomic E-state index is 0.00319. The molecular formula is C20H20F2N2O3S2. The van der Waals surface area contributed by atoms with Crippen molar-refractivity contribution in [3.8, 4) is 0 Å². The summed E-state index contributed by atoms with van der Waals surface area (Å²) in [6.45, 7) is 0.930. The Balaban J connectivity index is 1.51. The number of rotatable bonds is 6. The van der Waals surface area contributed by atoms with Crippen molar-refractivity contribution in [2.75, 3.05) is 31.9 Å². The van der Waals surface area contributed by atoms with Gasteiger partial charge in [-0.25, -0.2) is 17.2 Å². The third kappa shape index (κ3) is 5.88. The van der Waals surface area contributed by atoms with Gasteiger partial charge in [0, 0.05) is 42.5 Å². The van der Waals surface area contributed by atoms with E-state index in [0.29, 0.717) is 0 Å². The van der Waals surface area contributed by atoms with Crippen molar-refractivity contribution in [1.82, 2.24) is 9.21 Å². The lowest BCUT2D eigenvalue weighted by atomic mass is 10.2. The smallest absolute Gasteiger partial charge is 0.236 e. The topological polar surface area (TPSA) is 57.7 Å². The molecular weight excluding hydrogens is 418 g/mol. The van der Waals surface area contributed by atoms with E-state index in [1.54, 1.807) is 11.0 Å². The molecule has 0 bridgehead atoms. The minimum Gasteiger partial charge on any atom is -0.339 e. The number of benzene rings is 2. The fourth-order valence-electron chi connectivity index (χ4n) is 2.83. The van der Waals surface area contributed by atoms with E-state index in [1.807, 2.05) is 30.3 Å². The molecule has 9 heteroatoms. The molecule has 0 N–H and O–H groups in total. The van der Waals surface area contributed by atoms with Crippen LogP contribution in [0.2, 0.25) is 0 Å². The van der Waals surface area contributed by atoms with Crippen LogP contribution in [0, 0.1) is 11.6 Å². The molecule has 1 heterocycles. The number of hydrogen-bond acceptors (Lipinski definition) is 4. The SMILES string of the molecule is O=C(CSc1ccc(F)cc1F)N1CCN(S(=O)(=O)C=Cc2ccccc2)CC1. The van der Waals surface area contributed by atoms with E-state index < -0.39 is 21.7 Å². The number of carbonyl (C=O) groups excluding carboxylic acids is 1. The first kappa shape index (κ1) is 21.5. The third-order valence-corrected chi connectivity index (χ3v) is 7.03. The van der Waals surface area contributed by atoms with Gasteiger partial charge in [0.05, 0.1) is 5.75 Å². The summed E-state index contributed by atoms with van der Waals surface area (Å²) in [5, 5.41) is 1.17. The summed E-state index contributed by atoms with van der Waals surface area (Å²) in [7, 11) is -3.57. The molecule has 2 aromatic carbocycles. The van der Waals surface area contributed by atoms with E-state index in [-0.39, 0.29) is 42.7 Å². The van der Waals surface area contributed by atoms with Crippen LogP contribution in [0.4, 0.5) is 8.78 Å². The maximum atomic E-state index is 13.7. The first-order valence-electron chi connectivity index (χ1n) is 8.94. The lowest BCUT2D eigenvalue weighted by molar-refractivity contribution is -0.129. The fourth-order valence-corrected chi connectivity index (χ4v) is 4.83. The van der Waals surface area contributed by atoms with Gasteiger partial charge < -0.3 is 4.90 Å². The molecule has 3 rings (SSSR count). The Morgan fingerprint density at radius 2 is 1.72 bits per heavy atom. The predicted octanol–water partition coefficient (Wildman–Crippen LogP) is 3.20. The summed E-state index contributed by atoms with van der Waals surface area (Å²) in [6, 6.07) is 12.3. The van der Waals surface area contributed by atoms with Crippen molar-refractivity contribution in [3.05, 3.63) is 71.1 Å². The quantitative estimate of drug-likeness (QED) is 0.650. The van der Waals surface area contributed by atoms with E-state index in [2.05, 4.69) is 0 Å². The monoisotopic (exact) mass is 438 g/mol. The van der Waals surface area contributed by atoms with Crippen molar-refractivity contribution >= 4 is 33.8 Å². The lowest BCUT2D eigenvalue weighted by Gasteiger charge is -2.33. The molecule has 0 atom stereocenters. The van der Waals surface area contributed by atoms with Gasteiger partial charge >= 0.3 is 0 Å². The highest BCUT2D eigenvalue weighted by Crippen LogP contribution is 2.23. The summed E-state index contributed by atoms with van der Waals surface area (Å²) in [6.07, 6.45) is 1.54. The zero-order valence-corrected chi connectivity index (χ0v) is 17.1. The van der Waals surface area contributed by atoms with E-state index >= 15 is 0 Å². The van der Waals surface area contributed by atoms with Gasteiger partial charge in [-0.2, -0.15) is 4.31 Å². The van der Waals surface area contributed by atoms with E-state index in [4.69, 9.17) is 0 Å². The second-order valence-corrected chi connectivity index (χ2v) is 9.24. The standard InChI is InChI=1S/C20H20F2N2O3S2/c21-17-6-7-19(18(22)14-17)28-15-20(25)23-9-11-24(12-10-23)29(26,27)13-8-16-4-2-1-3-5-16/h1-8,13-14H,9-12,15H2. The highest BCUT2D eigenvalue weighted by Gasteiger charge is 2.27. The van der Waals surface area contributed by atoms with Gasteiger partial charge in [-0.1, -0.05) is 30.3 Å². The van der Waals surface area contributed by atoms with Gasteiger partial charge in [-0.15, -0.1) is 11.8 Å². The number of thioether (sulfide) groups is 1. The number of hydrogen-bond donors (Lipinski definition) is 0. The molecule has 154 valence electrons. The predicted molar refractivity (Wildman–Crippen MR) is 110 cm³/mol. The van der Waals surface area contributed by atoms with Crippen molar-refractivity contribution in [3.63, 3.8) is 0 Å². The lowest BCUT2D eigenvalue weighted by Crippen LogP contribution is -2.50. The van der Waals surface area contributed by atoms with Crippen LogP contribution in [-0.2, 0) is 14.8 Å². The summed E-state index contributed by atoms with van der Waals surface area (Å²) in [5.41, 5.74) is 0.787. The zero-order valence-electron chi connectivity index (χ0n) is 15.5. The number of carbonyl (C=O) groups is 1. The molecule has 0 aliphatic carbocycles. The zero-order chi connectivity index (χ0) is 20.9. The van der Waals surface area contributed by atoms with Gasteiger partial charge in [0.2, 0.25) is 15.9 Å². The molecule has 1 saturated heterocycles. The van der Waals surface area contributed by atoms with Crippen LogP contribution in [0.25, 0.3) is 6.08 Å². The number of halogens is 2. The van der Waals surface area contributed by atoms with Crippen LogP contribution in [0.1, 0.15) is 5.56 Å². The first-order chi connectivity index (χ1) is 13.8. The van der Waals surface area contributed by atoms with E-state index in [1.165, 1.54) is 15.8 Å². The van der Waals surface area contributed by atoms with Crippen LogP contribution in [0.15, 0.2) is 58.8 Å². The molecule has 1 amide bonds. The minimum atomic E-state index is -3.57. The van der Waals surface area contributed by atoms with Crippen LogP contribution in [-0.4, -0.2) is 55.5 Å². The maximum Gasteiger partial charge on any atom is 0.236 e. The molecule has 2 aromatic rings. The molecule has 1 fully saturated rings. The second kappa shape index (κ2) is 9.51. The summed E-state index contributed by atoms with van der Waals surface area (Å²) >= 11 is 0.994. The van der Waals surface area contributed by atoms with Gasteiger partial charge in [-0.3, -0.25) is 4.79 Å². The molecule has 0 spiro atoms. The second-order valence-electron chi connectivity index (χ2n) is 6.40. The average Bonchev–Trinajstić information content (AvgIpc) is 2.72. The molecule has 0 unspecified atom stereocenters. The van der Waals surface area contributed by atoms with E-state index in [0.717, 1.165) is 29.5 Å². The molecule has 29 heavy (non-hydrogen) atoms. The normalized spacial score (nSPS) is 15.7. The Morgan fingerprint density at radius 1 is 1.03 bits per heavy atom. The largest absolute Gasteiger partial charge is 0.339 e. The van der Waals surface area contributed by atoms with Crippen molar-refractivity contribution in [2.24, 2.45) is 0 Å². The number of piperazine rings is 1. The molecule has 0 aromatic heterocycles. The van der Waals surface area contributed by atoms with Gasteiger partial charge in [-0.05, 0) is 23.8 Å².